The van der Waals surface area contributed by atoms with Crippen molar-refractivity contribution in [2.75, 3.05) is 51.4 Å². The molecule has 218 valence electrons. The number of aromatic nitrogens is 5. The number of carbonyl (C=O) groups is 2. The number of aryl methyl sites for hydroxylation is 1. The van der Waals surface area contributed by atoms with E-state index in [1.165, 1.54) is 11.0 Å². The van der Waals surface area contributed by atoms with Gasteiger partial charge in [0.15, 0.2) is 5.65 Å². The fourth-order valence-electron chi connectivity index (χ4n) is 3.70. The zero-order valence-corrected chi connectivity index (χ0v) is 24.7. The lowest BCUT2D eigenvalue weighted by atomic mass is 10.2. The van der Waals surface area contributed by atoms with Gasteiger partial charge in [-0.3, -0.25) is 14.3 Å². The van der Waals surface area contributed by atoms with Gasteiger partial charge in [0, 0.05) is 51.6 Å². The molecule has 1 atom stereocenters. The molecule has 3 N–H and O–H groups in total. The molecule has 3 heterocycles. The molecule has 0 saturated heterocycles. The molecule has 0 aliphatic carbocycles. The van der Waals surface area contributed by atoms with E-state index in [-0.39, 0.29) is 11.8 Å². The number of likely N-dealkylation sites (N-methyl/N-ethyl adjacent to an activating group) is 2. The molecule has 0 aliphatic rings. The molecular formula is C29H40N10O2. The van der Waals surface area contributed by atoms with E-state index in [1.807, 2.05) is 32.1 Å². The maximum Gasteiger partial charge on any atom is 0.246 e. The average Bonchev–Trinajstić information content (AvgIpc) is 3.32. The van der Waals surface area contributed by atoms with Gasteiger partial charge in [0.2, 0.25) is 17.8 Å². The molecule has 0 aromatic carbocycles. The second-order valence-corrected chi connectivity index (χ2v) is 9.90. The quantitative estimate of drug-likeness (QED) is 0.164. The first-order valence-electron chi connectivity index (χ1n) is 13.7. The van der Waals surface area contributed by atoms with E-state index in [1.54, 1.807) is 43.3 Å². The van der Waals surface area contributed by atoms with Crippen LogP contribution in [0, 0.1) is 11.8 Å². The number of carbonyl (C=O) groups excluding carboxylic acids is 2. The number of fused-ring (bicyclic) bond motifs is 1. The molecule has 3 aromatic heterocycles. The van der Waals surface area contributed by atoms with Crippen LogP contribution in [0.2, 0.25) is 0 Å². The molecule has 0 spiro atoms. The lowest BCUT2D eigenvalue weighted by Gasteiger charge is -2.23. The fraction of sp³-hybridized carbons (Fsp3) is 0.448. The lowest BCUT2D eigenvalue weighted by molar-refractivity contribution is -0.135. The van der Waals surface area contributed by atoms with Crippen LogP contribution < -0.4 is 16.0 Å². The number of amides is 2. The first-order valence-corrected chi connectivity index (χ1v) is 13.7. The summed E-state index contributed by atoms with van der Waals surface area (Å²) >= 11 is 0. The molecule has 2 amide bonds. The van der Waals surface area contributed by atoms with E-state index in [0.29, 0.717) is 43.3 Å². The third kappa shape index (κ3) is 9.29. The molecule has 3 rings (SSSR count). The summed E-state index contributed by atoms with van der Waals surface area (Å²) in [6.45, 7) is 5.67. The molecular weight excluding hydrogens is 520 g/mol. The van der Waals surface area contributed by atoms with Gasteiger partial charge >= 0.3 is 0 Å². The number of hydrogen-bond donors (Lipinski definition) is 3. The topological polar surface area (TPSA) is 133 Å². The van der Waals surface area contributed by atoms with Crippen LogP contribution in [0.4, 0.5) is 17.5 Å². The molecule has 0 aliphatic heterocycles. The third-order valence-corrected chi connectivity index (χ3v) is 6.20. The van der Waals surface area contributed by atoms with Gasteiger partial charge in [-0.2, -0.15) is 10.1 Å². The first-order chi connectivity index (χ1) is 19.7. The van der Waals surface area contributed by atoms with Crippen LogP contribution in [-0.2, 0) is 16.6 Å². The van der Waals surface area contributed by atoms with Crippen molar-refractivity contribution in [1.29, 1.82) is 0 Å². The zero-order valence-electron chi connectivity index (χ0n) is 24.7. The minimum atomic E-state index is -0.573. The Bertz CT molecular complexity index is 1420. The van der Waals surface area contributed by atoms with Crippen molar-refractivity contribution in [3.8, 4) is 11.8 Å². The van der Waals surface area contributed by atoms with Crippen molar-refractivity contribution in [3.05, 3.63) is 42.4 Å². The average molecular weight is 561 g/mol. The number of anilines is 3. The SMILES string of the molecule is CCCNc1nc(Nc2cnc3c(cnn3C)c2)ncc1C#CCCCNC(=O)[C@H](C)N(C)C(=O)C=CCN(C)C. The highest BCUT2D eigenvalue weighted by Gasteiger charge is 2.20. The van der Waals surface area contributed by atoms with Gasteiger partial charge in [-0.1, -0.05) is 24.8 Å². The van der Waals surface area contributed by atoms with E-state index < -0.39 is 6.04 Å². The van der Waals surface area contributed by atoms with Crippen molar-refractivity contribution in [2.45, 2.75) is 39.2 Å². The van der Waals surface area contributed by atoms with Crippen molar-refractivity contribution < 1.29 is 9.59 Å². The van der Waals surface area contributed by atoms with Crippen molar-refractivity contribution in [3.63, 3.8) is 0 Å². The molecule has 0 fully saturated rings. The highest BCUT2D eigenvalue weighted by molar-refractivity contribution is 5.92. The van der Waals surface area contributed by atoms with Gasteiger partial charge < -0.3 is 25.8 Å². The number of pyridine rings is 1. The normalized spacial score (nSPS) is 11.8. The molecule has 12 heteroatoms. The summed E-state index contributed by atoms with van der Waals surface area (Å²) in [5, 5.41) is 14.6. The Labute approximate surface area is 241 Å². The predicted molar refractivity (Wildman–Crippen MR) is 162 cm³/mol. The Morgan fingerprint density at radius 2 is 1.95 bits per heavy atom. The molecule has 41 heavy (non-hydrogen) atoms. The van der Waals surface area contributed by atoms with Crippen LogP contribution in [0.5, 0.6) is 0 Å². The second kappa shape index (κ2) is 15.3. The Morgan fingerprint density at radius 1 is 1.15 bits per heavy atom. The van der Waals surface area contributed by atoms with Gasteiger partial charge in [0.25, 0.3) is 0 Å². The predicted octanol–water partition coefficient (Wildman–Crippen LogP) is 2.54. The molecule has 0 unspecified atom stereocenters. The first kappa shape index (κ1) is 31.0. The van der Waals surface area contributed by atoms with Gasteiger partial charge in [-0.25, -0.2) is 9.97 Å². The number of unbranched alkanes of at least 4 members (excludes halogenated alkanes) is 1. The summed E-state index contributed by atoms with van der Waals surface area (Å²) in [6, 6.07) is 1.38. The summed E-state index contributed by atoms with van der Waals surface area (Å²) in [5.41, 5.74) is 2.26. The zero-order chi connectivity index (χ0) is 29.8. The highest BCUT2D eigenvalue weighted by atomic mass is 16.2. The summed E-state index contributed by atoms with van der Waals surface area (Å²) in [7, 11) is 7.32. The van der Waals surface area contributed by atoms with Crippen LogP contribution >= 0.6 is 0 Å². The summed E-state index contributed by atoms with van der Waals surface area (Å²) in [6.07, 6.45) is 10.6. The van der Waals surface area contributed by atoms with Gasteiger partial charge in [0.05, 0.1) is 29.8 Å². The number of nitrogens with zero attached hydrogens (tertiary/aromatic N) is 7. The van der Waals surface area contributed by atoms with E-state index in [9.17, 15) is 9.59 Å². The minimum absolute atomic E-state index is 0.199. The number of rotatable bonds is 13. The Hall–Kier alpha value is -4.50. The minimum Gasteiger partial charge on any atom is -0.369 e. The fourth-order valence-corrected chi connectivity index (χ4v) is 3.70. The third-order valence-electron chi connectivity index (χ3n) is 6.20. The second-order valence-electron chi connectivity index (χ2n) is 9.90. The van der Waals surface area contributed by atoms with Crippen LogP contribution in [0.15, 0.2) is 36.8 Å². The van der Waals surface area contributed by atoms with Gasteiger partial charge in [0.1, 0.15) is 11.9 Å². The van der Waals surface area contributed by atoms with Crippen LogP contribution in [0.3, 0.4) is 0 Å². The van der Waals surface area contributed by atoms with Crippen molar-refractivity contribution >= 4 is 40.3 Å². The molecule has 0 bridgehead atoms. The molecule has 0 radical (unpaired) electrons. The van der Waals surface area contributed by atoms with E-state index in [0.717, 1.165) is 29.7 Å². The lowest BCUT2D eigenvalue weighted by Crippen LogP contribution is -2.45. The highest BCUT2D eigenvalue weighted by Crippen LogP contribution is 2.20. The Morgan fingerprint density at radius 3 is 2.71 bits per heavy atom. The molecule has 3 aromatic rings. The number of hydrogen-bond acceptors (Lipinski definition) is 9. The van der Waals surface area contributed by atoms with Gasteiger partial charge in [-0.15, -0.1) is 0 Å². The summed E-state index contributed by atoms with van der Waals surface area (Å²) in [4.78, 5) is 41.6. The monoisotopic (exact) mass is 560 g/mol. The summed E-state index contributed by atoms with van der Waals surface area (Å²) < 4.78 is 1.72. The van der Waals surface area contributed by atoms with Crippen molar-refractivity contribution in [2.24, 2.45) is 7.05 Å². The van der Waals surface area contributed by atoms with Gasteiger partial charge in [-0.05, 0) is 39.9 Å². The Kier molecular flexibility index (Phi) is 11.6. The maximum atomic E-state index is 12.5. The van der Waals surface area contributed by atoms with Crippen molar-refractivity contribution in [1.82, 2.24) is 39.8 Å². The largest absolute Gasteiger partial charge is 0.369 e. The summed E-state index contributed by atoms with van der Waals surface area (Å²) in [5.74, 6) is 6.98. The maximum absolute atomic E-state index is 12.5. The molecule has 12 nitrogen and oxygen atoms in total. The molecule has 0 saturated carbocycles. The van der Waals surface area contributed by atoms with E-state index in [2.05, 4.69) is 54.8 Å². The Balaban J connectivity index is 1.52. The van der Waals surface area contributed by atoms with Crippen LogP contribution in [0.25, 0.3) is 11.0 Å². The van der Waals surface area contributed by atoms with E-state index >= 15 is 0 Å². The van der Waals surface area contributed by atoms with Crippen LogP contribution in [-0.4, -0.2) is 93.2 Å². The number of nitrogens with one attached hydrogen (secondary N) is 3. The van der Waals surface area contributed by atoms with E-state index in [4.69, 9.17) is 0 Å². The standard InChI is InChI=1S/C29H40N10O2/c1-7-14-30-26-22(18-33-29(36-26)35-24-17-23-19-34-39(6)27(23)32-20-24)12-9-8-10-15-31-28(41)21(2)38(5)25(40)13-11-16-37(3)4/h11,13,17-21H,7-8,10,14-16H2,1-6H3,(H,31,41)(H2,30,33,35,36)/t21-/m0/s1. The smallest absolute Gasteiger partial charge is 0.246 e. The van der Waals surface area contributed by atoms with Crippen LogP contribution in [0.1, 0.15) is 38.7 Å².